The van der Waals surface area contributed by atoms with E-state index in [9.17, 15) is 17.6 Å². The molecular formula is C26H21Cl2FN2O3S. The largest absolute Gasteiger partial charge is 0.294 e. The highest BCUT2D eigenvalue weighted by Gasteiger charge is 2.40. The Morgan fingerprint density at radius 1 is 1.06 bits per heavy atom. The zero-order valence-corrected chi connectivity index (χ0v) is 21.1. The van der Waals surface area contributed by atoms with Crippen LogP contribution in [0.25, 0.3) is 27.8 Å². The van der Waals surface area contributed by atoms with Crippen LogP contribution < -0.4 is 0 Å². The number of Topliss-reactive ketones (excluding diaryl/α,β-unsaturated/α-hetero) is 1. The van der Waals surface area contributed by atoms with Crippen molar-refractivity contribution < 1.29 is 17.6 Å². The van der Waals surface area contributed by atoms with E-state index in [0.717, 1.165) is 5.39 Å². The smallest absolute Gasteiger partial charge is 0.163 e. The molecule has 0 radical (unpaired) electrons. The first-order valence-electron chi connectivity index (χ1n) is 11.0. The van der Waals surface area contributed by atoms with Crippen molar-refractivity contribution in [2.75, 3.05) is 11.5 Å². The second kappa shape index (κ2) is 8.73. The molecule has 9 heteroatoms. The fourth-order valence-electron chi connectivity index (χ4n) is 4.68. The van der Waals surface area contributed by atoms with Crippen molar-refractivity contribution in [2.45, 2.75) is 19.8 Å². The summed E-state index contributed by atoms with van der Waals surface area (Å²) in [5.41, 5.74) is 2.47. The summed E-state index contributed by atoms with van der Waals surface area (Å²) >= 11 is 12.5. The van der Waals surface area contributed by atoms with Gasteiger partial charge in [0.1, 0.15) is 11.5 Å². The Hall–Kier alpha value is -2.74. The standard InChI is InChI=1S/C26H21Cl2FN2O3S/c1-26(8-9-35(33,34)15-26)14-24(32)16-2-7-22-23(12-16)31(21-5-3-20(29)4-6-21)30-25(22)17-10-18(27)13-19(28)11-17/h2-7,10-13H,8-9,14-15H2,1H3. The number of carbonyl (C=O) groups is 1. The van der Waals surface area contributed by atoms with Crippen LogP contribution in [0.2, 0.25) is 10.0 Å². The lowest BCUT2D eigenvalue weighted by Crippen LogP contribution is -2.22. The van der Waals surface area contributed by atoms with E-state index in [2.05, 4.69) is 0 Å². The average molecular weight is 531 g/mol. The summed E-state index contributed by atoms with van der Waals surface area (Å²) in [5, 5.41) is 6.45. The number of hydrogen-bond acceptors (Lipinski definition) is 4. The average Bonchev–Trinajstić information content (AvgIpc) is 3.29. The fourth-order valence-corrected chi connectivity index (χ4v) is 7.46. The minimum absolute atomic E-state index is 0.0150. The van der Waals surface area contributed by atoms with Gasteiger partial charge in [0.15, 0.2) is 15.6 Å². The van der Waals surface area contributed by atoms with Gasteiger partial charge in [0.05, 0.1) is 22.7 Å². The number of hydrogen-bond donors (Lipinski definition) is 0. The van der Waals surface area contributed by atoms with Crippen molar-refractivity contribution in [3.8, 4) is 16.9 Å². The van der Waals surface area contributed by atoms with E-state index in [1.165, 1.54) is 12.1 Å². The predicted molar refractivity (Wildman–Crippen MR) is 137 cm³/mol. The maximum absolute atomic E-state index is 13.6. The van der Waals surface area contributed by atoms with Gasteiger partial charge in [-0.3, -0.25) is 4.79 Å². The summed E-state index contributed by atoms with van der Waals surface area (Å²) < 4.78 is 39.2. The maximum Gasteiger partial charge on any atom is 0.163 e. The van der Waals surface area contributed by atoms with Crippen LogP contribution in [0.15, 0.2) is 60.7 Å². The van der Waals surface area contributed by atoms with Crippen molar-refractivity contribution in [1.82, 2.24) is 9.78 Å². The van der Waals surface area contributed by atoms with E-state index in [1.54, 1.807) is 47.1 Å². The number of carbonyl (C=O) groups excluding carboxylic acids is 1. The molecule has 0 spiro atoms. The molecule has 0 aliphatic carbocycles. The summed E-state index contributed by atoms with van der Waals surface area (Å²) in [6.07, 6.45) is 0.607. The number of ketones is 1. The van der Waals surface area contributed by atoms with Gasteiger partial charge in [0.2, 0.25) is 0 Å². The van der Waals surface area contributed by atoms with Crippen LogP contribution in [0.3, 0.4) is 0 Å². The summed E-state index contributed by atoms with van der Waals surface area (Å²) in [4.78, 5) is 13.2. The summed E-state index contributed by atoms with van der Waals surface area (Å²) in [6.45, 7) is 1.84. The Kier molecular flexibility index (Phi) is 5.98. The minimum atomic E-state index is -3.12. The number of nitrogens with zero attached hydrogens (tertiary/aromatic N) is 2. The third-order valence-electron chi connectivity index (χ3n) is 6.38. The Morgan fingerprint density at radius 3 is 2.37 bits per heavy atom. The molecule has 180 valence electrons. The molecule has 1 saturated heterocycles. The molecule has 0 amide bonds. The third kappa shape index (κ3) is 4.85. The van der Waals surface area contributed by atoms with Crippen LogP contribution in [0.5, 0.6) is 0 Å². The van der Waals surface area contributed by atoms with Gasteiger partial charge in [0.25, 0.3) is 0 Å². The van der Waals surface area contributed by atoms with Crippen LogP contribution >= 0.6 is 23.2 Å². The van der Waals surface area contributed by atoms with Crippen molar-refractivity contribution in [3.05, 3.63) is 82.1 Å². The summed E-state index contributed by atoms with van der Waals surface area (Å²) in [5.74, 6) is -0.381. The number of rotatable bonds is 5. The molecule has 4 aromatic rings. The fraction of sp³-hybridized carbons (Fsp3) is 0.231. The van der Waals surface area contributed by atoms with E-state index >= 15 is 0 Å². The van der Waals surface area contributed by atoms with E-state index in [4.69, 9.17) is 28.3 Å². The molecule has 0 saturated carbocycles. The van der Waals surface area contributed by atoms with Crippen LogP contribution in [0.4, 0.5) is 4.39 Å². The summed E-state index contributed by atoms with van der Waals surface area (Å²) in [6, 6.07) is 16.3. The number of aromatic nitrogens is 2. The Balaban J connectivity index is 1.62. The molecule has 1 aromatic heterocycles. The molecular weight excluding hydrogens is 510 g/mol. The summed E-state index contributed by atoms with van der Waals surface area (Å²) in [7, 11) is -3.12. The number of fused-ring (bicyclic) bond motifs is 1. The van der Waals surface area contributed by atoms with Crippen LogP contribution in [-0.2, 0) is 9.84 Å². The van der Waals surface area contributed by atoms with Gasteiger partial charge in [-0.15, -0.1) is 0 Å². The van der Waals surface area contributed by atoms with Gasteiger partial charge < -0.3 is 0 Å². The van der Waals surface area contributed by atoms with Crippen LogP contribution in [0, 0.1) is 11.2 Å². The molecule has 1 aliphatic rings. The number of sulfone groups is 1. The van der Waals surface area contributed by atoms with Crippen molar-refractivity contribution >= 4 is 49.7 Å². The minimum Gasteiger partial charge on any atom is -0.294 e. The zero-order chi connectivity index (χ0) is 25.0. The van der Waals surface area contributed by atoms with E-state index in [0.29, 0.717) is 44.5 Å². The molecule has 5 rings (SSSR count). The van der Waals surface area contributed by atoms with E-state index < -0.39 is 15.3 Å². The van der Waals surface area contributed by atoms with Crippen molar-refractivity contribution in [2.24, 2.45) is 5.41 Å². The van der Waals surface area contributed by atoms with E-state index in [-0.39, 0.29) is 29.5 Å². The molecule has 1 unspecified atom stereocenters. The Bertz CT molecular complexity index is 1560. The molecule has 0 N–H and O–H groups in total. The molecule has 2 heterocycles. The van der Waals surface area contributed by atoms with Gasteiger partial charge in [-0.25, -0.2) is 17.5 Å². The zero-order valence-electron chi connectivity index (χ0n) is 18.8. The van der Waals surface area contributed by atoms with Crippen LogP contribution in [0.1, 0.15) is 30.1 Å². The third-order valence-corrected chi connectivity index (χ3v) is 8.78. The quantitative estimate of drug-likeness (QED) is 0.275. The number of halogens is 3. The lowest BCUT2D eigenvalue weighted by molar-refractivity contribution is 0.0934. The Labute approximate surface area is 212 Å². The molecule has 5 nitrogen and oxygen atoms in total. The first-order valence-corrected chi connectivity index (χ1v) is 13.6. The molecule has 3 aromatic carbocycles. The topological polar surface area (TPSA) is 69.0 Å². The van der Waals surface area contributed by atoms with E-state index in [1.807, 2.05) is 13.0 Å². The lowest BCUT2D eigenvalue weighted by atomic mass is 9.83. The van der Waals surface area contributed by atoms with Crippen molar-refractivity contribution in [1.29, 1.82) is 0 Å². The van der Waals surface area contributed by atoms with Gasteiger partial charge in [-0.2, -0.15) is 5.10 Å². The van der Waals surface area contributed by atoms with Gasteiger partial charge in [0, 0.05) is 33.0 Å². The maximum atomic E-state index is 13.6. The molecule has 1 aliphatic heterocycles. The second-order valence-corrected chi connectivity index (χ2v) is 12.4. The first-order chi connectivity index (χ1) is 16.5. The van der Waals surface area contributed by atoms with Crippen molar-refractivity contribution in [3.63, 3.8) is 0 Å². The van der Waals surface area contributed by atoms with Crippen LogP contribution in [-0.4, -0.2) is 35.5 Å². The van der Waals surface area contributed by atoms with Gasteiger partial charge >= 0.3 is 0 Å². The highest BCUT2D eigenvalue weighted by Crippen LogP contribution is 2.37. The normalized spacial score (nSPS) is 19.3. The highest BCUT2D eigenvalue weighted by atomic mass is 35.5. The molecule has 0 bridgehead atoms. The van der Waals surface area contributed by atoms with Gasteiger partial charge in [-0.1, -0.05) is 36.2 Å². The molecule has 1 fully saturated rings. The van der Waals surface area contributed by atoms with Gasteiger partial charge in [-0.05, 0) is 66.4 Å². The highest BCUT2D eigenvalue weighted by molar-refractivity contribution is 7.91. The second-order valence-electron chi connectivity index (χ2n) is 9.38. The lowest BCUT2D eigenvalue weighted by Gasteiger charge is -2.20. The first kappa shape index (κ1) is 24.0. The SMILES string of the molecule is CC1(CC(=O)c2ccc3c(-c4cc(Cl)cc(Cl)c4)nn(-c4ccc(F)cc4)c3c2)CCS(=O)(=O)C1. The molecule has 35 heavy (non-hydrogen) atoms. The molecule has 1 atom stereocenters. The Morgan fingerprint density at radius 2 is 1.74 bits per heavy atom. The predicted octanol–water partition coefficient (Wildman–Crippen LogP) is 6.54. The monoisotopic (exact) mass is 530 g/mol. The number of benzene rings is 3.